The normalized spacial score (nSPS) is 74.0. The molecule has 1 rings (SSSR count). The average Bonchev–Trinajstić information content (AvgIpc) is 2.04. The molecule has 1 saturated heterocycles. The molecule has 0 aromatic carbocycles. The van der Waals surface area contributed by atoms with Crippen molar-refractivity contribution in [1.29, 1.82) is 0 Å². The molecule has 1 fully saturated rings. The first-order chi connectivity index (χ1) is 6.25. The zero-order valence-corrected chi connectivity index (χ0v) is 4.45. The number of hydrogen-bond acceptors (Lipinski definition) is 0. The van der Waals surface area contributed by atoms with E-state index in [1.165, 1.54) is 0 Å². The van der Waals surface area contributed by atoms with Crippen LogP contribution in [0.2, 0.25) is 0 Å². The Morgan fingerprint density at radius 3 is 1.86 bits per heavy atom. The van der Waals surface area contributed by atoms with Gasteiger partial charge in [-0.2, -0.15) is 0 Å². The van der Waals surface area contributed by atoms with Crippen molar-refractivity contribution in [3.63, 3.8) is 0 Å². The largest absolute Gasteiger partial charge is 0.328 e. The third-order valence-corrected chi connectivity index (χ3v) is 0.733. The molecule has 1 heteroatoms. The van der Waals surface area contributed by atoms with Crippen LogP contribution < -0.4 is 0 Å². The maximum absolute atomic E-state index is 7.59. The second-order valence-electron chi connectivity index (χ2n) is 1.93. The number of quaternary nitrogens is 1. The zero-order valence-electron chi connectivity index (χ0n) is 12.4. The second kappa shape index (κ2) is 1.48. The van der Waals surface area contributed by atoms with Gasteiger partial charge in [-0.1, -0.05) is 0 Å². The molecule has 7 heavy (non-hydrogen) atoms. The van der Waals surface area contributed by atoms with E-state index in [0.717, 1.165) is 14.1 Å². The Hall–Kier alpha value is -0.0400. The maximum atomic E-state index is 7.59. The van der Waals surface area contributed by atoms with Crippen molar-refractivity contribution >= 4 is 0 Å². The highest BCUT2D eigenvalue weighted by atomic mass is 15.3. The molecular formula is C6H14N+. The van der Waals surface area contributed by atoms with Gasteiger partial charge < -0.3 is 4.48 Å². The van der Waals surface area contributed by atoms with Crippen molar-refractivity contribution in [2.45, 2.75) is 12.7 Å². The van der Waals surface area contributed by atoms with Gasteiger partial charge in [-0.05, 0) is 0 Å². The third kappa shape index (κ3) is 1.16. The maximum Gasteiger partial charge on any atom is 0.0924 e. The Labute approximate surface area is 56.8 Å². The molecule has 0 aliphatic carbocycles. The second-order valence-corrected chi connectivity index (χ2v) is 1.93. The van der Waals surface area contributed by atoms with Gasteiger partial charge in [0.05, 0.1) is 32.6 Å². The summed E-state index contributed by atoms with van der Waals surface area (Å²) in [5.41, 5.74) is 0. The Bertz CT molecular complexity index is 204. The molecule has 0 aromatic heterocycles. The van der Waals surface area contributed by atoms with Gasteiger partial charge in [-0.25, -0.2) is 0 Å². The Kier molecular flexibility index (Phi) is 0.233. The highest BCUT2D eigenvalue weighted by molar-refractivity contribution is 4.46. The lowest BCUT2D eigenvalue weighted by atomic mass is 10.4. The van der Waals surface area contributed by atoms with E-state index in [0.29, 0.717) is 0 Å². The van der Waals surface area contributed by atoms with Gasteiger partial charge in [0, 0.05) is 18.2 Å². The molecule has 42 valence electrons. The van der Waals surface area contributed by atoms with Crippen LogP contribution in [0.5, 0.6) is 0 Å². The van der Waals surface area contributed by atoms with Crippen LogP contribution in [-0.4, -0.2) is 31.6 Å². The molecule has 1 nitrogen and oxygen atoms in total. The van der Waals surface area contributed by atoms with Crippen LogP contribution in [0.25, 0.3) is 0 Å². The van der Waals surface area contributed by atoms with Crippen molar-refractivity contribution in [1.82, 2.24) is 0 Å². The van der Waals surface area contributed by atoms with Gasteiger partial charge in [0.1, 0.15) is 0 Å². The molecule has 1 aliphatic heterocycles. The molecule has 0 atom stereocenters. The minimum absolute atomic E-state index is 1.00. The van der Waals surface area contributed by atoms with Gasteiger partial charge in [-0.3, -0.25) is 0 Å². The van der Waals surface area contributed by atoms with Crippen LogP contribution >= 0.6 is 0 Å². The predicted octanol–water partition coefficient (Wildman–Crippen LogP) is 0.857. The Morgan fingerprint density at radius 2 is 1.71 bits per heavy atom. The molecule has 0 bridgehead atoms. The fourth-order valence-electron chi connectivity index (χ4n) is 0.363. The van der Waals surface area contributed by atoms with E-state index in [9.17, 15) is 0 Å². The average molecular weight is 108 g/mol. The molecule has 1 heterocycles. The smallest absolute Gasteiger partial charge is 0.0924 e. The zero-order chi connectivity index (χ0) is 12.5. The van der Waals surface area contributed by atoms with Gasteiger partial charge >= 0.3 is 0 Å². The van der Waals surface area contributed by atoms with E-state index < -0.39 is 30.2 Å². The molecule has 0 aromatic rings. The van der Waals surface area contributed by atoms with E-state index in [-0.39, 0.29) is 0 Å². The quantitative estimate of drug-likeness (QED) is 0.404. The first kappa shape index (κ1) is 1.10. The lowest BCUT2D eigenvalue weighted by Crippen LogP contribution is -2.35. The van der Waals surface area contributed by atoms with Gasteiger partial charge in [0.15, 0.2) is 0 Å². The summed E-state index contributed by atoms with van der Waals surface area (Å²) in [6.45, 7) is -5.25. The van der Waals surface area contributed by atoms with Crippen LogP contribution in [0, 0.1) is 0 Å². The first-order valence-electron chi connectivity index (χ1n) is 6.09. The van der Waals surface area contributed by atoms with Crippen molar-refractivity contribution < 1.29 is 15.4 Å². The Balaban J connectivity index is 3.55. The summed E-state index contributed by atoms with van der Waals surface area (Å²) >= 11 is 0. The van der Waals surface area contributed by atoms with Gasteiger partial charge in [-0.15, -0.1) is 0 Å². The summed E-state index contributed by atoms with van der Waals surface area (Å²) in [6, 6.07) is 0. The van der Waals surface area contributed by atoms with Crippen LogP contribution in [0.1, 0.15) is 23.7 Å². The molecule has 0 saturated carbocycles. The van der Waals surface area contributed by atoms with Gasteiger partial charge in [0.25, 0.3) is 0 Å². The van der Waals surface area contributed by atoms with Crippen LogP contribution in [-0.2, 0) is 0 Å². The molecular weight excluding hydrogens is 86.1 g/mol. The third-order valence-electron chi connectivity index (χ3n) is 0.733. The van der Waals surface area contributed by atoms with Crippen LogP contribution in [0.4, 0.5) is 0 Å². The molecule has 0 amide bonds. The highest BCUT2D eigenvalue weighted by Crippen LogP contribution is 2.11. The van der Waals surface area contributed by atoms with Gasteiger partial charge in [0.2, 0.25) is 0 Å². The van der Waals surface area contributed by atoms with E-state index in [4.69, 9.17) is 11.0 Å². The summed E-state index contributed by atoms with van der Waals surface area (Å²) < 4.78 is 59.2. The molecule has 1 aliphatic rings. The molecule has 0 N–H and O–H groups in total. The lowest BCUT2D eigenvalue weighted by molar-refractivity contribution is -0.877. The number of nitrogens with zero attached hydrogens (tertiary/aromatic N) is 1. The van der Waals surface area contributed by atoms with Crippen LogP contribution in [0.15, 0.2) is 0 Å². The summed E-state index contributed by atoms with van der Waals surface area (Å²) in [6.07, 6.45) is -5.76. The molecule has 0 spiro atoms. The SMILES string of the molecule is [2H]C1([2H])C([2H])([2H])C([2H])([2H])[N+](C)(C)C1([2H])[2H]. The van der Waals surface area contributed by atoms with Crippen LogP contribution in [0.3, 0.4) is 0 Å². The summed E-state index contributed by atoms with van der Waals surface area (Å²) in [5.74, 6) is 0. The molecule has 0 radical (unpaired) electrons. The predicted molar refractivity (Wildman–Crippen MR) is 31.1 cm³/mol. The summed E-state index contributed by atoms with van der Waals surface area (Å²) in [7, 11) is 2.31. The Morgan fingerprint density at radius 1 is 1.29 bits per heavy atom. The standard InChI is InChI=1S/C6H14N/c1-7(2)5-3-4-6-7/h3-6H2,1-2H3/q+1/i3D2,4D2,5D2,6D2. The van der Waals surface area contributed by atoms with E-state index in [2.05, 4.69) is 0 Å². The minimum Gasteiger partial charge on any atom is -0.328 e. The number of hydrogen-bond donors (Lipinski definition) is 0. The topological polar surface area (TPSA) is 0 Å². The van der Waals surface area contributed by atoms with Crippen molar-refractivity contribution in [3.05, 3.63) is 0 Å². The van der Waals surface area contributed by atoms with E-state index in [1.54, 1.807) is 0 Å². The fourth-order valence-corrected chi connectivity index (χ4v) is 0.363. The fraction of sp³-hybridized carbons (Fsp3) is 1.00. The highest BCUT2D eigenvalue weighted by Gasteiger charge is 2.19. The van der Waals surface area contributed by atoms with E-state index >= 15 is 0 Å². The minimum atomic E-state index is -2.88. The summed E-state index contributed by atoms with van der Waals surface area (Å²) in [5, 5.41) is 0. The first-order valence-corrected chi connectivity index (χ1v) is 2.09. The van der Waals surface area contributed by atoms with Crippen molar-refractivity contribution in [3.8, 4) is 0 Å². The monoisotopic (exact) mass is 108 g/mol. The number of likely N-dealkylation sites (tertiary alicyclic amines) is 1. The lowest BCUT2D eigenvalue weighted by Gasteiger charge is -2.21. The van der Waals surface area contributed by atoms with E-state index in [1.807, 2.05) is 0 Å². The van der Waals surface area contributed by atoms with Crippen molar-refractivity contribution in [2.24, 2.45) is 0 Å². The molecule has 0 unspecified atom stereocenters. The van der Waals surface area contributed by atoms with Crippen molar-refractivity contribution in [2.75, 3.05) is 27.1 Å². The number of rotatable bonds is 0. The summed E-state index contributed by atoms with van der Waals surface area (Å²) in [4.78, 5) is 0.